The number of aryl methyl sites for hydroxylation is 2. The SMILES string of the molecule is Cc1nn(C)c(C(=O)NCC2CCCC2CO)c1N. The molecule has 0 aliphatic heterocycles. The summed E-state index contributed by atoms with van der Waals surface area (Å²) in [7, 11) is 1.71. The van der Waals surface area contributed by atoms with Gasteiger partial charge in [-0.3, -0.25) is 9.48 Å². The standard InChI is InChI=1S/C13H22N4O2/c1-8-11(14)12(17(2)16-8)13(19)15-6-9-4-3-5-10(9)7-18/h9-10,18H,3-7,14H2,1-2H3,(H,15,19). The fraction of sp³-hybridized carbons (Fsp3) is 0.692. The number of hydrogen-bond donors (Lipinski definition) is 3. The Morgan fingerprint density at radius 1 is 1.53 bits per heavy atom. The van der Waals surface area contributed by atoms with Gasteiger partial charge in [0.1, 0.15) is 5.69 Å². The van der Waals surface area contributed by atoms with Gasteiger partial charge in [0.15, 0.2) is 0 Å². The maximum absolute atomic E-state index is 12.1. The van der Waals surface area contributed by atoms with E-state index in [1.165, 1.54) is 4.68 Å². The molecule has 1 saturated carbocycles. The number of nitrogens with two attached hydrogens (primary N) is 1. The molecular formula is C13H22N4O2. The average Bonchev–Trinajstić information content (AvgIpc) is 2.92. The third kappa shape index (κ3) is 2.73. The second-order valence-electron chi connectivity index (χ2n) is 5.31. The molecule has 19 heavy (non-hydrogen) atoms. The number of nitrogen functional groups attached to an aromatic ring is 1. The van der Waals surface area contributed by atoms with Crippen LogP contribution in [-0.4, -0.2) is 33.9 Å². The highest BCUT2D eigenvalue weighted by molar-refractivity contribution is 5.97. The zero-order valence-corrected chi connectivity index (χ0v) is 11.5. The number of aliphatic hydroxyl groups excluding tert-OH is 1. The van der Waals surface area contributed by atoms with Crippen molar-refractivity contribution in [2.75, 3.05) is 18.9 Å². The van der Waals surface area contributed by atoms with Crippen LogP contribution >= 0.6 is 0 Å². The van der Waals surface area contributed by atoms with Gasteiger partial charge in [-0.1, -0.05) is 6.42 Å². The number of carbonyl (C=O) groups is 1. The molecule has 106 valence electrons. The molecule has 0 saturated heterocycles. The van der Waals surface area contributed by atoms with E-state index in [1.807, 2.05) is 0 Å². The smallest absolute Gasteiger partial charge is 0.271 e. The molecule has 0 radical (unpaired) electrons. The lowest BCUT2D eigenvalue weighted by molar-refractivity contribution is 0.0929. The monoisotopic (exact) mass is 266 g/mol. The van der Waals surface area contributed by atoms with Crippen molar-refractivity contribution < 1.29 is 9.90 Å². The molecule has 6 heteroatoms. The van der Waals surface area contributed by atoms with Crippen molar-refractivity contribution in [3.05, 3.63) is 11.4 Å². The zero-order chi connectivity index (χ0) is 14.0. The summed E-state index contributed by atoms with van der Waals surface area (Å²) in [5.74, 6) is 0.486. The Balaban J connectivity index is 1.98. The minimum Gasteiger partial charge on any atom is -0.396 e. The van der Waals surface area contributed by atoms with Crippen molar-refractivity contribution in [3.8, 4) is 0 Å². The molecule has 6 nitrogen and oxygen atoms in total. The van der Waals surface area contributed by atoms with Crippen LogP contribution < -0.4 is 11.1 Å². The number of nitrogens with one attached hydrogen (secondary N) is 1. The molecule has 1 fully saturated rings. The molecule has 0 aromatic carbocycles. The summed E-state index contributed by atoms with van der Waals surface area (Å²) in [6, 6.07) is 0. The second kappa shape index (κ2) is 5.61. The van der Waals surface area contributed by atoms with Gasteiger partial charge in [-0.05, 0) is 31.6 Å². The number of carbonyl (C=O) groups excluding carboxylic acids is 1. The number of nitrogens with zero attached hydrogens (tertiary/aromatic N) is 2. The summed E-state index contributed by atoms with van der Waals surface area (Å²) < 4.78 is 1.51. The highest BCUT2D eigenvalue weighted by Crippen LogP contribution is 2.30. The quantitative estimate of drug-likeness (QED) is 0.737. The van der Waals surface area contributed by atoms with Crippen LogP contribution in [0.3, 0.4) is 0 Å². The summed E-state index contributed by atoms with van der Waals surface area (Å²) in [5, 5.41) is 16.3. The van der Waals surface area contributed by atoms with Crippen molar-refractivity contribution in [2.45, 2.75) is 26.2 Å². The Morgan fingerprint density at radius 3 is 2.79 bits per heavy atom. The summed E-state index contributed by atoms with van der Waals surface area (Å²) in [6.07, 6.45) is 3.23. The lowest BCUT2D eigenvalue weighted by atomic mass is 9.97. The average molecular weight is 266 g/mol. The Bertz CT molecular complexity index is 469. The molecule has 0 bridgehead atoms. The van der Waals surface area contributed by atoms with Crippen LogP contribution in [0.15, 0.2) is 0 Å². The van der Waals surface area contributed by atoms with Crippen molar-refractivity contribution in [1.82, 2.24) is 15.1 Å². The Kier molecular flexibility index (Phi) is 4.09. The van der Waals surface area contributed by atoms with Gasteiger partial charge in [0, 0.05) is 20.2 Å². The van der Waals surface area contributed by atoms with E-state index in [4.69, 9.17) is 5.73 Å². The minimum absolute atomic E-state index is 0.191. The van der Waals surface area contributed by atoms with Gasteiger partial charge < -0.3 is 16.2 Å². The Morgan fingerprint density at radius 2 is 2.21 bits per heavy atom. The first-order chi connectivity index (χ1) is 9.04. The zero-order valence-electron chi connectivity index (χ0n) is 11.5. The van der Waals surface area contributed by atoms with E-state index in [9.17, 15) is 9.90 Å². The number of hydrogen-bond acceptors (Lipinski definition) is 4. The van der Waals surface area contributed by atoms with Crippen molar-refractivity contribution in [2.24, 2.45) is 18.9 Å². The largest absolute Gasteiger partial charge is 0.396 e. The maximum atomic E-state index is 12.1. The van der Waals surface area contributed by atoms with Gasteiger partial charge in [-0.2, -0.15) is 5.10 Å². The third-order valence-electron chi connectivity index (χ3n) is 4.06. The lowest BCUT2D eigenvalue weighted by Crippen LogP contribution is -2.33. The summed E-state index contributed by atoms with van der Waals surface area (Å²) in [5.41, 5.74) is 7.37. The predicted molar refractivity (Wildman–Crippen MR) is 72.6 cm³/mol. The van der Waals surface area contributed by atoms with Crippen LogP contribution in [-0.2, 0) is 7.05 Å². The topological polar surface area (TPSA) is 93.2 Å². The molecule has 1 aliphatic rings. The first-order valence-corrected chi connectivity index (χ1v) is 6.72. The molecule has 1 aromatic rings. The molecule has 4 N–H and O–H groups in total. The highest BCUT2D eigenvalue weighted by atomic mass is 16.3. The van der Waals surface area contributed by atoms with E-state index in [-0.39, 0.29) is 12.5 Å². The maximum Gasteiger partial charge on any atom is 0.271 e. The van der Waals surface area contributed by atoms with Crippen LogP contribution in [0, 0.1) is 18.8 Å². The van der Waals surface area contributed by atoms with Gasteiger partial charge in [-0.15, -0.1) is 0 Å². The van der Waals surface area contributed by atoms with E-state index < -0.39 is 0 Å². The summed E-state index contributed by atoms with van der Waals surface area (Å²) in [6.45, 7) is 2.58. The molecule has 1 heterocycles. The number of aliphatic hydroxyl groups is 1. The van der Waals surface area contributed by atoms with E-state index in [1.54, 1.807) is 14.0 Å². The van der Waals surface area contributed by atoms with Crippen LogP contribution in [0.5, 0.6) is 0 Å². The first kappa shape index (κ1) is 13.9. The number of amides is 1. The molecule has 2 atom stereocenters. The van der Waals surface area contributed by atoms with Crippen molar-refractivity contribution in [3.63, 3.8) is 0 Å². The van der Waals surface area contributed by atoms with Gasteiger partial charge in [-0.25, -0.2) is 0 Å². The van der Waals surface area contributed by atoms with Crippen LogP contribution in [0.4, 0.5) is 5.69 Å². The lowest BCUT2D eigenvalue weighted by Gasteiger charge is -2.17. The Hall–Kier alpha value is -1.56. The predicted octanol–water partition coefficient (Wildman–Crippen LogP) is 0.449. The van der Waals surface area contributed by atoms with Gasteiger partial charge in [0.25, 0.3) is 5.91 Å². The van der Waals surface area contributed by atoms with Crippen molar-refractivity contribution in [1.29, 1.82) is 0 Å². The van der Waals surface area contributed by atoms with E-state index in [0.717, 1.165) is 19.3 Å². The number of aromatic nitrogens is 2. The number of rotatable bonds is 4. The van der Waals surface area contributed by atoms with Crippen molar-refractivity contribution >= 4 is 11.6 Å². The molecule has 1 amide bonds. The summed E-state index contributed by atoms with van der Waals surface area (Å²) >= 11 is 0. The first-order valence-electron chi connectivity index (χ1n) is 6.72. The molecule has 2 rings (SSSR count). The van der Waals surface area contributed by atoms with E-state index >= 15 is 0 Å². The number of anilines is 1. The fourth-order valence-electron chi connectivity index (χ4n) is 2.87. The molecular weight excluding hydrogens is 244 g/mol. The van der Waals surface area contributed by atoms with Gasteiger partial charge in [0.05, 0.1) is 11.4 Å². The van der Waals surface area contributed by atoms with Gasteiger partial charge in [0.2, 0.25) is 0 Å². The fourth-order valence-corrected chi connectivity index (χ4v) is 2.87. The summed E-state index contributed by atoms with van der Waals surface area (Å²) in [4.78, 5) is 12.1. The highest BCUT2D eigenvalue weighted by Gasteiger charge is 2.27. The van der Waals surface area contributed by atoms with E-state index in [2.05, 4.69) is 10.4 Å². The molecule has 1 aliphatic carbocycles. The molecule has 0 spiro atoms. The van der Waals surface area contributed by atoms with Gasteiger partial charge >= 0.3 is 0 Å². The van der Waals surface area contributed by atoms with E-state index in [0.29, 0.717) is 35.5 Å². The third-order valence-corrected chi connectivity index (χ3v) is 4.06. The molecule has 2 unspecified atom stereocenters. The Labute approximate surface area is 113 Å². The van der Waals surface area contributed by atoms with Crippen LogP contribution in [0.1, 0.15) is 35.4 Å². The normalized spacial score (nSPS) is 22.7. The van der Waals surface area contributed by atoms with Crippen LogP contribution in [0.25, 0.3) is 0 Å². The van der Waals surface area contributed by atoms with Crippen LogP contribution in [0.2, 0.25) is 0 Å². The minimum atomic E-state index is -0.191. The second-order valence-corrected chi connectivity index (χ2v) is 5.31. The molecule has 1 aromatic heterocycles.